The number of unbranched alkanes of at least 4 members (excludes halogenated alkanes) is 32. The molecule has 1 aliphatic heterocycles. The van der Waals surface area contributed by atoms with Gasteiger partial charge in [-0.15, -0.1) is 0 Å². The highest BCUT2D eigenvalue weighted by atomic mass is 16.8. The molecule has 1 saturated heterocycles. The van der Waals surface area contributed by atoms with Gasteiger partial charge in [0.25, 0.3) is 0 Å². The summed E-state index contributed by atoms with van der Waals surface area (Å²) in [5.74, 6) is -1.94. The fourth-order valence-electron chi connectivity index (χ4n) is 9.80. The van der Waals surface area contributed by atoms with Gasteiger partial charge in [-0.2, -0.15) is 5.48 Å². The average molecular weight is 1010 g/mol. The minimum Gasteiger partial charge on any atom is -0.463 e. The lowest BCUT2D eigenvalue weighted by molar-refractivity contribution is -0.323. The molecular weight excluding hydrogens is 899 g/mol. The Hall–Kier alpha value is -2.57. The van der Waals surface area contributed by atoms with Crippen LogP contribution in [0.4, 0.5) is 0 Å². The number of esters is 4. The molecule has 1 aliphatic carbocycles. The van der Waals surface area contributed by atoms with Gasteiger partial charge in [-0.25, -0.2) is 0 Å². The van der Waals surface area contributed by atoms with Crippen molar-refractivity contribution in [2.75, 3.05) is 6.61 Å². The van der Waals surface area contributed by atoms with Crippen LogP contribution in [0, 0.1) is 0 Å². The molecule has 2 aliphatic rings. The number of hydrogen-bond donors (Lipinski definition) is 1. The zero-order valence-electron chi connectivity index (χ0n) is 46.1. The lowest BCUT2D eigenvalue weighted by atomic mass is 9.97. The Morgan fingerprint density at radius 1 is 0.437 bits per heavy atom. The van der Waals surface area contributed by atoms with Crippen molar-refractivity contribution in [3.8, 4) is 0 Å². The lowest BCUT2D eigenvalue weighted by Gasteiger charge is -2.44. The predicted molar refractivity (Wildman–Crippen MR) is 284 cm³/mol. The zero-order chi connectivity index (χ0) is 51.4. The first kappa shape index (κ1) is 64.5. The summed E-state index contributed by atoms with van der Waals surface area (Å²) in [7, 11) is 0. The van der Waals surface area contributed by atoms with Crippen LogP contribution < -0.4 is 5.48 Å². The fraction of sp³-hybridized carbons (Fsp3) is 0.915. The van der Waals surface area contributed by atoms with Crippen molar-refractivity contribution in [2.24, 2.45) is 0 Å². The van der Waals surface area contributed by atoms with Crippen LogP contribution in [0.25, 0.3) is 0 Å². The van der Waals surface area contributed by atoms with Crippen molar-refractivity contribution in [3.05, 3.63) is 0 Å². The second kappa shape index (κ2) is 44.9. The summed E-state index contributed by atoms with van der Waals surface area (Å²) >= 11 is 0. The highest BCUT2D eigenvalue weighted by Gasteiger charge is 2.54. The van der Waals surface area contributed by atoms with Crippen molar-refractivity contribution in [1.29, 1.82) is 0 Å². The van der Waals surface area contributed by atoms with Crippen molar-refractivity contribution in [2.45, 2.75) is 341 Å². The van der Waals surface area contributed by atoms with Gasteiger partial charge < -0.3 is 23.7 Å². The SMILES string of the molecule is CCCCCCCCCCCC(=O)OC[C@H]1O[C@@H](ONC2CCCC2=O)[C@H](OC(=O)CCCCCCCCCCC)[C@@H](OC(=O)CCCCCCCCCCC)[C@H]1OC(=O)CCCCCCCCCCC. The Labute approximate surface area is 433 Å². The summed E-state index contributed by atoms with van der Waals surface area (Å²) in [6.45, 7) is 8.56. The molecule has 12 heteroatoms. The molecule has 0 aromatic carbocycles. The maximum Gasteiger partial charge on any atom is 0.306 e. The molecule has 0 radical (unpaired) electrons. The predicted octanol–water partition coefficient (Wildman–Crippen LogP) is 15.3. The maximum atomic E-state index is 13.9. The molecule has 1 unspecified atom stereocenters. The average Bonchev–Trinajstić information content (AvgIpc) is 3.78. The van der Waals surface area contributed by atoms with Crippen molar-refractivity contribution in [1.82, 2.24) is 5.48 Å². The summed E-state index contributed by atoms with van der Waals surface area (Å²) in [5.41, 5.74) is 2.87. The Morgan fingerprint density at radius 3 is 1.11 bits per heavy atom. The molecule has 414 valence electrons. The maximum absolute atomic E-state index is 13.9. The molecule has 6 atom stereocenters. The third-order valence-corrected chi connectivity index (χ3v) is 14.4. The summed E-state index contributed by atoms with van der Waals surface area (Å²) in [6.07, 6.45) is 35.2. The van der Waals surface area contributed by atoms with Gasteiger partial charge in [-0.3, -0.25) is 28.8 Å². The minimum absolute atomic E-state index is 0.00562. The molecule has 12 nitrogen and oxygen atoms in total. The molecular formula is C59H107NO11. The number of hydroxylamine groups is 1. The van der Waals surface area contributed by atoms with Crippen LogP contribution >= 0.6 is 0 Å². The number of ketones is 1. The molecule has 1 heterocycles. The molecule has 0 aromatic heterocycles. The Kier molecular flexibility index (Phi) is 40.8. The Morgan fingerprint density at radius 2 is 0.761 bits per heavy atom. The molecule has 2 rings (SSSR count). The second-order valence-corrected chi connectivity index (χ2v) is 21.0. The van der Waals surface area contributed by atoms with E-state index in [1.807, 2.05) is 0 Å². The lowest BCUT2D eigenvalue weighted by Crippen LogP contribution is -2.64. The van der Waals surface area contributed by atoms with E-state index in [0.717, 1.165) is 77.0 Å². The quantitative estimate of drug-likeness (QED) is 0.0267. The Bertz CT molecular complexity index is 1340. The van der Waals surface area contributed by atoms with Crippen molar-refractivity contribution >= 4 is 29.7 Å². The monoisotopic (exact) mass is 1010 g/mol. The van der Waals surface area contributed by atoms with Crippen LogP contribution in [0.3, 0.4) is 0 Å². The van der Waals surface area contributed by atoms with Gasteiger partial charge in [0, 0.05) is 32.1 Å². The number of ether oxygens (including phenoxy) is 5. The highest BCUT2D eigenvalue weighted by Crippen LogP contribution is 2.32. The van der Waals surface area contributed by atoms with E-state index < -0.39 is 60.6 Å². The molecule has 0 spiro atoms. The van der Waals surface area contributed by atoms with Crippen molar-refractivity contribution in [3.63, 3.8) is 0 Å². The first-order valence-electron chi connectivity index (χ1n) is 30.1. The van der Waals surface area contributed by atoms with Crippen LogP contribution in [-0.2, 0) is 52.5 Å². The molecule has 2 fully saturated rings. The summed E-state index contributed by atoms with van der Waals surface area (Å²) in [5, 5.41) is 0. The number of carbonyl (C=O) groups is 5. The number of Topliss-reactive ketones (excluding diaryl/α,β-unsaturated/α-hetero) is 1. The van der Waals surface area contributed by atoms with E-state index in [2.05, 4.69) is 33.2 Å². The third kappa shape index (κ3) is 33.1. The first-order chi connectivity index (χ1) is 34.7. The normalized spacial score (nSPS) is 20.0. The van der Waals surface area contributed by atoms with E-state index in [1.165, 1.54) is 128 Å². The minimum atomic E-state index is -1.38. The number of hydrogen-bond acceptors (Lipinski definition) is 12. The van der Waals surface area contributed by atoms with E-state index in [1.54, 1.807) is 0 Å². The molecule has 0 bridgehead atoms. The van der Waals surface area contributed by atoms with Crippen LogP contribution in [0.2, 0.25) is 0 Å². The number of rotatable bonds is 48. The van der Waals surface area contributed by atoms with Crippen molar-refractivity contribution < 1.29 is 52.5 Å². The molecule has 0 aromatic rings. The van der Waals surface area contributed by atoms with Gasteiger partial charge in [0.05, 0.1) is 6.04 Å². The number of nitrogens with one attached hydrogen (secondary N) is 1. The summed E-state index contributed by atoms with van der Waals surface area (Å²) in [4.78, 5) is 73.7. The molecule has 1 saturated carbocycles. The van der Waals surface area contributed by atoms with Crippen LogP contribution in [0.1, 0.15) is 304 Å². The van der Waals surface area contributed by atoms with Crippen LogP contribution in [-0.4, -0.2) is 73.0 Å². The molecule has 0 amide bonds. The van der Waals surface area contributed by atoms with Gasteiger partial charge in [0.15, 0.2) is 24.1 Å². The zero-order valence-corrected chi connectivity index (χ0v) is 46.1. The van der Waals surface area contributed by atoms with Gasteiger partial charge >= 0.3 is 23.9 Å². The second-order valence-electron chi connectivity index (χ2n) is 21.0. The fourth-order valence-corrected chi connectivity index (χ4v) is 9.80. The highest BCUT2D eigenvalue weighted by molar-refractivity contribution is 5.85. The third-order valence-electron chi connectivity index (χ3n) is 14.4. The number of carbonyl (C=O) groups excluding carboxylic acids is 5. The van der Waals surface area contributed by atoms with E-state index in [9.17, 15) is 24.0 Å². The van der Waals surface area contributed by atoms with Gasteiger partial charge in [0.2, 0.25) is 6.29 Å². The largest absolute Gasteiger partial charge is 0.463 e. The molecule has 71 heavy (non-hydrogen) atoms. The van der Waals surface area contributed by atoms with Gasteiger partial charge in [0.1, 0.15) is 12.7 Å². The topological polar surface area (TPSA) is 153 Å². The van der Waals surface area contributed by atoms with Crippen LogP contribution in [0.15, 0.2) is 0 Å². The van der Waals surface area contributed by atoms with E-state index in [4.69, 9.17) is 28.5 Å². The van der Waals surface area contributed by atoms with E-state index >= 15 is 0 Å². The first-order valence-corrected chi connectivity index (χ1v) is 30.1. The van der Waals surface area contributed by atoms with E-state index in [0.29, 0.717) is 44.9 Å². The molecule has 1 N–H and O–H groups in total. The van der Waals surface area contributed by atoms with Gasteiger partial charge in [-0.1, -0.05) is 233 Å². The van der Waals surface area contributed by atoms with E-state index in [-0.39, 0.29) is 38.1 Å². The van der Waals surface area contributed by atoms with Crippen LogP contribution in [0.5, 0.6) is 0 Å². The van der Waals surface area contributed by atoms with Gasteiger partial charge in [-0.05, 0) is 38.5 Å². The summed E-state index contributed by atoms with van der Waals surface area (Å²) in [6, 6.07) is -0.593. The smallest absolute Gasteiger partial charge is 0.306 e. The standard InChI is InChI=1S/C59H107NO11/c1-5-9-13-17-21-25-29-33-37-44-52(62)66-48-51-56(68-53(63)45-38-34-30-26-22-18-14-10-6-2)57(69-54(64)46-39-35-31-27-23-19-15-11-7-3)58(59(67-51)71-60-49-42-41-43-50(49)61)70-55(65)47-40-36-32-28-24-20-16-12-8-4/h49,51,56-60H,5-48H2,1-4H3/t49?,51-,56+,57+,58-,59+/m1/s1. The Balaban J connectivity index is 2.31. The summed E-state index contributed by atoms with van der Waals surface area (Å²) < 4.78 is 31.1.